The average Bonchev–Trinajstić information content (AvgIpc) is 2.72. The molecule has 0 bridgehead atoms. The third kappa shape index (κ3) is 3.54. The summed E-state index contributed by atoms with van der Waals surface area (Å²) in [4.78, 5) is 5.65. The quantitative estimate of drug-likeness (QED) is 0.801. The van der Waals surface area contributed by atoms with Crippen LogP contribution in [0.25, 0.3) is 0 Å². The van der Waals surface area contributed by atoms with Crippen LogP contribution in [0.4, 0.5) is 0 Å². The Hall–Kier alpha value is -0.450. The van der Waals surface area contributed by atoms with Crippen LogP contribution in [0.2, 0.25) is 0 Å². The Morgan fingerprint density at radius 2 is 2.50 bits per heavy atom. The van der Waals surface area contributed by atoms with Crippen LogP contribution >= 0.6 is 11.3 Å². The molecule has 90 valence electrons. The Kier molecular flexibility index (Phi) is 4.75. The molecule has 1 unspecified atom stereocenters. The number of rotatable bonds is 5. The first-order chi connectivity index (χ1) is 7.86. The van der Waals surface area contributed by atoms with Crippen molar-refractivity contribution < 1.29 is 4.74 Å². The number of hydrogen-bond acceptors (Lipinski definition) is 4. The average molecular weight is 240 g/mol. The third-order valence-corrected chi connectivity index (χ3v) is 4.01. The van der Waals surface area contributed by atoms with Gasteiger partial charge in [-0.05, 0) is 32.6 Å². The summed E-state index contributed by atoms with van der Waals surface area (Å²) in [5.74, 6) is 0. The first-order valence-corrected chi connectivity index (χ1v) is 6.95. The SMILES string of the molecule is Cc1ncsc1CCNCC1CCCCO1. The number of nitrogens with one attached hydrogen (secondary N) is 1. The highest BCUT2D eigenvalue weighted by Gasteiger charge is 2.12. The molecule has 1 fully saturated rings. The lowest BCUT2D eigenvalue weighted by Gasteiger charge is -2.22. The predicted molar refractivity (Wildman–Crippen MR) is 67.0 cm³/mol. The zero-order valence-corrected chi connectivity index (χ0v) is 10.7. The molecular weight excluding hydrogens is 220 g/mol. The predicted octanol–water partition coefficient (Wildman–Crippen LogP) is 2.15. The summed E-state index contributed by atoms with van der Waals surface area (Å²) < 4.78 is 5.67. The maximum atomic E-state index is 5.67. The number of aryl methyl sites for hydroxylation is 1. The summed E-state index contributed by atoms with van der Waals surface area (Å²) in [5.41, 5.74) is 3.11. The Balaban J connectivity index is 1.59. The summed E-state index contributed by atoms with van der Waals surface area (Å²) >= 11 is 1.75. The molecule has 1 aliphatic rings. The van der Waals surface area contributed by atoms with Gasteiger partial charge in [0.1, 0.15) is 0 Å². The number of aromatic nitrogens is 1. The van der Waals surface area contributed by atoms with Gasteiger partial charge >= 0.3 is 0 Å². The van der Waals surface area contributed by atoms with Gasteiger partial charge < -0.3 is 10.1 Å². The molecule has 1 aliphatic heterocycles. The first-order valence-electron chi connectivity index (χ1n) is 6.07. The summed E-state index contributed by atoms with van der Waals surface area (Å²) in [7, 11) is 0. The van der Waals surface area contributed by atoms with Gasteiger partial charge in [-0.15, -0.1) is 11.3 Å². The van der Waals surface area contributed by atoms with Gasteiger partial charge in [0.2, 0.25) is 0 Å². The molecule has 0 aliphatic carbocycles. The van der Waals surface area contributed by atoms with Crippen molar-refractivity contribution in [1.82, 2.24) is 10.3 Å². The summed E-state index contributed by atoms with van der Waals surface area (Å²) in [5, 5.41) is 3.47. The largest absolute Gasteiger partial charge is 0.377 e. The molecule has 1 atom stereocenters. The van der Waals surface area contributed by atoms with Gasteiger partial charge in [0.15, 0.2) is 0 Å². The maximum absolute atomic E-state index is 5.67. The van der Waals surface area contributed by atoms with Crippen molar-refractivity contribution in [2.24, 2.45) is 0 Å². The van der Waals surface area contributed by atoms with Crippen molar-refractivity contribution in [2.75, 3.05) is 19.7 Å². The van der Waals surface area contributed by atoms with Crippen LogP contribution < -0.4 is 5.32 Å². The molecule has 0 aromatic carbocycles. The molecule has 0 amide bonds. The highest BCUT2D eigenvalue weighted by atomic mass is 32.1. The molecule has 1 aromatic rings. The van der Waals surface area contributed by atoms with E-state index in [1.165, 1.54) is 29.8 Å². The number of ether oxygens (including phenoxy) is 1. The van der Waals surface area contributed by atoms with E-state index in [4.69, 9.17) is 4.74 Å². The van der Waals surface area contributed by atoms with Crippen LogP contribution in [0.15, 0.2) is 5.51 Å². The van der Waals surface area contributed by atoms with Crippen LogP contribution in [-0.4, -0.2) is 30.8 Å². The lowest BCUT2D eigenvalue weighted by Crippen LogP contribution is -2.32. The van der Waals surface area contributed by atoms with Crippen molar-refractivity contribution in [2.45, 2.75) is 38.7 Å². The fourth-order valence-corrected chi connectivity index (χ4v) is 2.78. The van der Waals surface area contributed by atoms with Crippen LogP contribution in [0.3, 0.4) is 0 Å². The van der Waals surface area contributed by atoms with Crippen molar-refractivity contribution in [3.05, 3.63) is 16.1 Å². The molecule has 4 heteroatoms. The number of thiazole rings is 1. The van der Waals surface area contributed by atoms with E-state index in [0.717, 1.165) is 26.1 Å². The van der Waals surface area contributed by atoms with E-state index in [0.29, 0.717) is 6.10 Å². The molecule has 1 aromatic heterocycles. The minimum Gasteiger partial charge on any atom is -0.377 e. The van der Waals surface area contributed by atoms with Crippen molar-refractivity contribution >= 4 is 11.3 Å². The van der Waals surface area contributed by atoms with Gasteiger partial charge in [0.25, 0.3) is 0 Å². The molecule has 1 N–H and O–H groups in total. The van der Waals surface area contributed by atoms with Gasteiger partial charge in [0.05, 0.1) is 17.3 Å². The Bertz CT molecular complexity index is 308. The lowest BCUT2D eigenvalue weighted by molar-refractivity contribution is 0.0171. The summed E-state index contributed by atoms with van der Waals surface area (Å²) in [6.07, 6.45) is 5.29. The molecule has 0 saturated carbocycles. The van der Waals surface area contributed by atoms with E-state index in [1.54, 1.807) is 11.3 Å². The van der Waals surface area contributed by atoms with Crippen LogP contribution in [0.5, 0.6) is 0 Å². The van der Waals surface area contributed by atoms with E-state index in [-0.39, 0.29) is 0 Å². The Labute approximate surface area is 101 Å². The van der Waals surface area contributed by atoms with Gasteiger partial charge in [-0.25, -0.2) is 4.98 Å². The maximum Gasteiger partial charge on any atom is 0.0797 e. The third-order valence-electron chi connectivity index (χ3n) is 3.02. The van der Waals surface area contributed by atoms with Gasteiger partial charge in [-0.3, -0.25) is 0 Å². The second-order valence-electron chi connectivity index (χ2n) is 4.30. The molecule has 0 spiro atoms. The lowest BCUT2D eigenvalue weighted by atomic mass is 10.1. The normalized spacial score (nSPS) is 21.2. The molecule has 3 nitrogen and oxygen atoms in total. The fraction of sp³-hybridized carbons (Fsp3) is 0.750. The van der Waals surface area contributed by atoms with E-state index >= 15 is 0 Å². The minimum absolute atomic E-state index is 0.441. The van der Waals surface area contributed by atoms with Crippen LogP contribution in [-0.2, 0) is 11.2 Å². The summed E-state index contributed by atoms with van der Waals surface area (Å²) in [6, 6.07) is 0. The molecule has 2 rings (SSSR count). The summed E-state index contributed by atoms with van der Waals surface area (Å²) in [6.45, 7) is 5.05. The molecule has 1 saturated heterocycles. The molecular formula is C12H20N2OS. The standard InChI is InChI=1S/C12H20N2OS/c1-10-12(16-9-14-10)5-6-13-8-11-4-2-3-7-15-11/h9,11,13H,2-8H2,1H3. The van der Waals surface area contributed by atoms with Crippen molar-refractivity contribution in [3.8, 4) is 0 Å². The van der Waals surface area contributed by atoms with Crippen LogP contribution in [0.1, 0.15) is 29.8 Å². The van der Waals surface area contributed by atoms with Crippen molar-refractivity contribution in [1.29, 1.82) is 0 Å². The number of hydrogen-bond donors (Lipinski definition) is 1. The second kappa shape index (κ2) is 6.33. The molecule has 2 heterocycles. The first kappa shape index (κ1) is 12.0. The van der Waals surface area contributed by atoms with E-state index in [1.807, 2.05) is 5.51 Å². The van der Waals surface area contributed by atoms with E-state index < -0.39 is 0 Å². The second-order valence-corrected chi connectivity index (χ2v) is 5.24. The zero-order chi connectivity index (χ0) is 11.2. The van der Waals surface area contributed by atoms with E-state index in [9.17, 15) is 0 Å². The fourth-order valence-electron chi connectivity index (χ4n) is 2.00. The van der Waals surface area contributed by atoms with Gasteiger partial charge in [-0.1, -0.05) is 0 Å². The minimum atomic E-state index is 0.441. The van der Waals surface area contributed by atoms with Gasteiger partial charge in [-0.2, -0.15) is 0 Å². The highest BCUT2D eigenvalue weighted by Crippen LogP contribution is 2.13. The Morgan fingerprint density at radius 3 is 3.19 bits per heavy atom. The monoisotopic (exact) mass is 240 g/mol. The van der Waals surface area contributed by atoms with Crippen molar-refractivity contribution in [3.63, 3.8) is 0 Å². The van der Waals surface area contributed by atoms with Gasteiger partial charge in [0, 0.05) is 24.6 Å². The molecule has 16 heavy (non-hydrogen) atoms. The van der Waals surface area contributed by atoms with E-state index in [2.05, 4.69) is 17.2 Å². The highest BCUT2D eigenvalue weighted by molar-refractivity contribution is 7.09. The smallest absolute Gasteiger partial charge is 0.0797 e. The molecule has 0 radical (unpaired) electrons. The number of nitrogens with zero attached hydrogens (tertiary/aromatic N) is 1. The Morgan fingerprint density at radius 1 is 1.56 bits per heavy atom. The topological polar surface area (TPSA) is 34.2 Å². The van der Waals surface area contributed by atoms with Crippen LogP contribution in [0, 0.1) is 6.92 Å². The zero-order valence-electron chi connectivity index (χ0n) is 9.87.